The average molecular weight is 219 g/mol. The van der Waals surface area contributed by atoms with Crippen LogP contribution in [-0.4, -0.2) is 23.8 Å². The van der Waals surface area contributed by atoms with Gasteiger partial charge in [-0.2, -0.15) is 0 Å². The van der Waals surface area contributed by atoms with Crippen molar-refractivity contribution in [1.29, 1.82) is 0 Å². The second-order valence-electron chi connectivity index (χ2n) is 5.03. The number of rotatable bonds is 6. The second kappa shape index (κ2) is 4.06. The molecule has 2 aliphatic rings. The van der Waals surface area contributed by atoms with E-state index in [1.165, 1.54) is 32.2 Å². The molecule has 0 aromatic carbocycles. The van der Waals surface area contributed by atoms with E-state index in [9.17, 15) is 4.79 Å². The average Bonchev–Trinajstić information content (AvgIpc) is 3.17. The Morgan fingerprint density at radius 1 is 1.31 bits per heavy atom. The lowest BCUT2D eigenvalue weighted by atomic mass is 10.3. The molecule has 3 rings (SSSR count). The molecule has 0 bridgehead atoms. The summed E-state index contributed by atoms with van der Waals surface area (Å²) in [6.07, 6.45) is 6.20. The summed E-state index contributed by atoms with van der Waals surface area (Å²) in [6.45, 7) is 2.08. The fourth-order valence-electron chi connectivity index (χ4n) is 2.16. The zero-order valence-electron chi connectivity index (χ0n) is 9.39. The molecular formula is C13H17NO2. The van der Waals surface area contributed by atoms with Crippen LogP contribution in [-0.2, 0) is 6.54 Å². The Kier molecular flexibility index (Phi) is 2.56. The molecule has 1 heterocycles. The van der Waals surface area contributed by atoms with Gasteiger partial charge in [0.25, 0.3) is 0 Å². The highest BCUT2D eigenvalue weighted by Crippen LogP contribution is 2.35. The molecular weight excluding hydrogens is 202 g/mol. The van der Waals surface area contributed by atoms with Crippen LogP contribution in [0.3, 0.4) is 0 Å². The minimum atomic E-state index is 0.442. The Balaban J connectivity index is 1.62. The van der Waals surface area contributed by atoms with Crippen molar-refractivity contribution in [2.24, 2.45) is 5.92 Å². The first-order chi connectivity index (χ1) is 7.85. The standard InChI is InChI=1S/C13H17NO2/c15-9-13-6-5-12(16-13)8-14(11-3-4-11)7-10-1-2-10/h5-6,9-11H,1-4,7-8H2. The molecule has 86 valence electrons. The Morgan fingerprint density at radius 3 is 2.69 bits per heavy atom. The van der Waals surface area contributed by atoms with Gasteiger partial charge < -0.3 is 4.42 Å². The molecule has 0 amide bonds. The van der Waals surface area contributed by atoms with Crippen molar-refractivity contribution < 1.29 is 9.21 Å². The van der Waals surface area contributed by atoms with Gasteiger partial charge in [-0.15, -0.1) is 0 Å². The monoisotopic (exact) mass is 219 g/mol. The summed E-state index contributed by atoms with van der Waals surface area (Å²) >= 11 is 0. The van der Waals surface area contributed by atoms with Gasteiger partial charge in [0, 0.05) is 12.6 Å². The minimum absolute atomic E-state index is 0.442. The van der Waals surface area contributed by atoms with Gasteiger partial charge in [-0.05, 0) is 43.7 Å². The van der Waals surface area contributed by atoms with Crippen molar-refractivity contribution in [3.05, 3.63) is 23.7 Å². The number of hydrogen-bond donors (Lipinski definition) is 0. The fourth-order valence-corrected chi connectivity index (χ4v) is 2.16. The summed E-state index contributed by atoms with van der Waals surface area (Å²) in [5.74, 6) is 2.29. The fraction of sp³-hybridized carbons (Fsp3) is 0.615. The SMILES string of the molecule is O=Cc1ccc(CN(CC2CC2)C2CC2)o1. The molecule has 0 unspecified atom stereocenters. The Labute approximate surface area is 95.4 Å². The van der Waals surface area contributed by atoms with E-state index in [-0.39, 0.29) is 0 Å². The summed E-state index contributed by atoms with van der Waals surface area (Å²) in [7, 11) is 0. The lowest BCUT2D eigenvalue weighted by Crippen LogP contribution is -2.27. The first kappa shape index (κ1) is 10.1. The van der Waals surface area contributed by atoms with Crippen molar-refractivity contribution in [2.75, 3.05) is 6.54 Å². The van der Waals surface area contributed by atoms with Gasteiger partial charge >= 0.3 is 0 Å². The molecule has 2 saturated carbocycles. The van der Waals surface area contributed by atoms with Crippen molar-refractivity contribution in [3.63, 3.8) is 0 Å². The van der Waals surface area contributed by atoms with Crippen molar-refractivity contribution in [3.8, 4) is 0 Å². The smallest absolute Gasteiger partial charge is 0.185 e. The van der Waals surface area contributed by atoms with Crippen LogP contribution in [0.5, 0.6) is 0 Å². The van der Waals surface area contributed by atoms with Gasteiger partial charge in [-0.25, -0.2) is 0 Å². The number of carbonyl (C=O) groups is 1. The summed E-state index contributed by atoms with van der Waals surface area (Å²) in [5, 5.41) is 0. The van der Waals surface area contributed by atoms with E-state index in [0.29, 0.717) is 5.76 Å². The summed E-state index contributed by atoms with van der Waals surface area (Å²) in [5.41, 5.74) is 0. The third-order valence-corrected chi connectivity index (χ3v) is 3.41. The van der Waals surface area contributed by atoms with Gasteiger partial charge in [-0.3, -0.25) is 9.69 Å². The highest BCUT2D eigenvalue weighted by molar-refractivity contribution is 5.70. The van der Waals surface area contributed by atoms with E-state index >= 15 is 0 Å². The highest BCUT2D eigenvalue weighted by Gasteiger charge is 2.33. The van der Waals surface area contributed by atoms with Crippen LogP contribution in [0.25, 0.3) is 0 Å². The minimum Gasteiger partial charge on any atom is -0.457 e. The van der Waals surface area contributed by atoms with Crippen LogP contribution in [0.1, 0.15) is 42.0 Å². The van der Waals surface area contributed by atoms with Crippen LogP contribution < -0.4 is 0 Å². The Morgan fingerprint density at radius 2 is 2.12 bits per heavy atom. The van der Waals surface area contributed by atoms with E-state index in [0.717, 1.165) is 30.6 Å². The second-order valence-corrected chi connectivity index (χ2v) is 5.03. The normalized spacial score (nSPS) is 20.3. The number of furan rings is 1. The van der Waals surface area contributed by atoms with E-state index in [1.807, 2.05) is 6.07 Å². The van der Waals surface area contributed by atoms with Gasteiger partial charge in [0.2, 0.25) is 0 Å². The molecule has 0 aliphatic heterocycles. The summed E-state index contributed by atoms with van der Waals surface area (Å²) in [4.78, 5) is 13.1. The lowest BCUT2D eigenvalue weighted by molar-refractivity contribution is 0.109. The molecule has 0 spiro atoms. The molecule has 1 aromatic heterocycles. The van der Waals surface area contributed by atoms with Crippen molar-refractivity contribution in [2.45, 2.75) is 38.3 Å². The zero-order valence-corrected chi connectivity index (χ0v) is 9.39. The maximum atomic E-state index is 10.5. The molecule has 0 radical (unpaired) electrons. The van der Waals surface area contributed by atoms with E-state index < -0.39 is 0 Å². The van der Waals surface area contributed by atoms with E-state index in [4.69, 9.17) is 4.42 Å². The van der Waals surface area contributed by atoms with E-state index in [1.54, 1.807) is 6.07 Å². The Hall–Kier alpha value is -1.09. The molecule has 16 heavy (non-hydrogen) atoms. The van der Waals surface area contributed by atoms with Gasteiger partial charge in [0.05, 0.1) is 6.54 Å². The molecule has 0 atom stereocenters. The molecule has 2 aliphatic carbocycles. The number of carbonyl (C=O) groups excluding carboxylic acids is 1. The molecule has 2 fully saturated rings. The molecule has 0 saturated heterocycles. The third kappa shape index (κ3) is 2.35. The summed E-state index contributed by atoms with van der Waals surface area (Å²) < 4.78 is 5.43. The zero-order chi connectivity index (χ0) is 11.0. The molecule has 1 aromatic rings. The third-order valence-electron chi connectivity index (χ3n) is 3.41. The van der Waals surface area contributed by atoms with E-state index in [2.05, 4.69) is 4.90 Å². The summed E-state index contributed by atoms with van der Waals surface area (Å²) in [6, 6.07) is 4.45. The maximum Gasteiger partial charge on any atom is 0.185 e. The molecule has 3 heteroatoms. The largest absolute Gasteiger partial charge is 0.457 e. The number of aldehydes is 1. The first-order valence-corrected chi connectivity index (χ1v) is 6.13. The van der Waals surface area contributed by atoms with Crippen molar-refractivity contribution in [1.82, 2.24) is 4.90 Å². The predicted molar refractivity (Wildman–Crippen MR) is 60.3 cm³/mol. The van der Waals surface area contributed by atoms with Gasteiger partial charge in [0.1, 0.15) is 5.76 Å². The highest BCUT2D eigenvalue weighted by atomic mass is 16.3. The van der Waals surface area contributed by atoms with Crippen LogP contribution in [0.2, 0.25) is 0 Å². The molecule has 0 N–H and O–H groups in total. The van der Waals surface area contributed by atoms with Crippen LogP contribution in [0, 0.1) is 5.92 Å². The van der Waals surface area contributed by atoms with Crippen molar-refractivity contribution >= 4 is 6.29 Å². The molecule has 3 nitrogen and oxygen atoms in total. The Bertz CT molecular complexity index is 377. The van der Waals surface area contributed by atoms with Crippen LogP contribution >= 0.6 is 0 Å². The first-order valence-electron chi connectivity index (χ1n) is 6.13. The maximum absolute atomic E-state index is 10.5. The van der Waals surface area contributed by atoms with Crippen LogP contribution in [0.15, 0.2) is 16.5 Å². The number of nitrogens with zero attached hydrogens (tertiary/aromatic N) is 1. The van der Waals surface area contributed by atoms with Crippen LogP contribution in [0.4, 0.5) is 0 Å². The predicted octanol–water partition coefficient (Wildman–Crippen LogP) is 2.47. The lowest BCUT2D eigenvalue weighted by Gasteiger charge is -2.20. The van der Waals surface area contributed by atoms with Gasteiger partial charge in [0.15, 0.2) is 12.0 Å². The quantitative estimate of drug-likeness (QED) is 0.689. The topological polar surface area (TPSA) is 33.5 Å². The number of hydrogen-bond acceptors (Lipinski definition) is 3. The van der Waals surface area contributed by atoms with Gasteiger partial charge in [-0.1, -0.05) is 0 Å².